The standard InChI is InChI=1S/C14H16BrN3O/c1-10-3-2-4-12(7-10)19-6-5-17-14-13(16)8-11(15)9-18-14/h2-4,7-9H,5-6,16H2,1H3,(H,17,18). The van der Waals surface area contributed by atoms with Gasteiger partial charge in [-0.3, -0.25) is 0 Å². The summed E-state index contributed by atoms with van der Waals surface area (Å²) in [6.07, 6.45) is 1.71. The molecule has 1 aromatic heterocycles. The second-order valence-corrected chi connectivity index (χ2v) is 5.10. The first-order valence-corrected chi connectivity index (χ1v) is 6.79. The zero-order chi connectivity index (χ0) is 13.7. The van der Waals surface area contributed by atoms with Gasteiger partial charge in [-0.1, -0.05) is 12.1 Å². The molecule has 19 heavy (non-hydrogen) atoms. The molecule has 2 rings (SSSR count). The Morgan fingerprint density at radius 2 is 2.21 bits per heavy atom. The van der Waals surface area contributed by atoms with E-state index in [1.807, 2.05) is 37.3 Å². The molecule has 0 bridgehead atoms. The van der Waals surface area contributed by atoms with Gasteiger partial charge >= 0.3 is 0 Å². The number of aromatic nitrogens is 1. The number of nitrogens with zero attached hydrogens (tertiary/aromatic N) is 1. The normalized spacial score (nSPS) is 10.2. The van der Waals surface area contributed by atoms with E-state index in [9.17, 15) is 0 Å². The number of hydrogen-bond donors (Lipinski definition) is 2. The summed E-state index contributed by atoms with van der Waals surface area (Å²) in [5.74, 6) is 1.55. The minimum atomic E-state index is 0.556. The number of nitrogen functional groups attached to an aromatic ring is 1. The Bertz CT molecular complexity index is 560. The molecule has 0 amide bonds. The molecule has 0 aliphatic heterocycles. The van der Waals surface area contributed by atoms with Gasteiger partial charge < -0.3 is 15.8 Å². The van der Waals surface area contributed by atoms with Gasteiger partial charge in [-0.15, -0.1) is 0 Å². The predicted octanol–water partition coefficient (Wildman–Crippen LogP) is 3.23. The van der Waals surface area contributed by atoms with Gasteiger partial charge in [0.1, 0.15) is 18.2 Å². The van der Waals surface area contributed by atoms with E-state index in [1.54, 1.807) is 6.20 Å². The van der Waals surface area contributed by atoms with E-state index < -0.39 is 0 Å². The Morgan fingerprint density at radius 1 is 1.37 bits per heavy atom. The molecule has 2 aromatic rings. The Kier molecular flexibility index (Phi) is 4.63. The molecule has 0 saturated carbocycles. The third-order valence-corrected chi connectivity index (χ3v) is 2.97. The molecule has 0 aliphatic carbocycles. The Balaban J connectivity index is 1.81. The number of nitrogens with two attached hydrogens (primary N) is 1. The summed E-state index contributed by atoms with van der Waals surface area (Å²) in [6, 6.07) is 9.78. The van der Waals surface area contributed by atoms with Crippen molar-refractivity contribution in [3.63, 3.8) is 0 Å². The molecule has 0 atom stereocenters. The SMILES string of the molecule is Cc1cccc(OCCNc2ncc(Br)cc2N)c1. The van der Waals surface area contributed by atoms with E-state index in [1.165, 1.54) is 5.56 Å². The molecule has 0 saturated heterocycles. The van der Waals surface area contributed by atoms with Crippen LogP contribution < -0.4 is 15.8 Å². The Labute approximate surface area is 121 Å². The summed E-state index contributed by atoms with van der Waals surface area (Å²) in [5, 5.41) is 3.14. The first-order valence-electron chi connectivity index (χ1n) is 5.99. The van der Waals surface area contributed by atoms with Crippen LogP contribution in [0.2, 0.25) is 0 Å². The van der Waals surface area contributed by atoms with Gasteiger partial charge in [-0.25, -0.2) is 4.98 Å². The van der Waals surface area contributed by atoms with Gasteiger partial charge in [0, 0.05) is 10.7 Å². The third kappa shape index (κ3) is 4.13. The third-order valence-electron chi connectivity index (χ3n) is 2.54. The maximum atomic E-state index is 5.84. The summed E-state index contributed by atoms with van der Waals surface area (Å²) >= 11 is 3.32. The van der Waals surface area contributed by atoms with E-state index in [4.69, 9.17) is 10.5 Å². The maximum absolute atomic E-state index is 5.84. The van der Waals surface area contributed by atoms with Crippen molar-refractivity contribution in [2.45, 2.75) is 6.92 Å². The molecule has 0 spiro atoms. The minimum Gasteiger partial charge on any atom is -0.492 e. The summed E-state index contributed by atoms with van der Waals surface area (Å²) in [7, 11) is 0. The van der Waals surface area contributed by atoms with Gasteiger partial charge in [0.2, 0.25) is 0 Å². The van der Waals surface area contributed by atoms with E-state index in [0.29, 0.717) is 24.7 Å². The number of aryl methyl sites for hydroxylation is 1. The molecule has 1 aromatic carbocycles. The predicted molar refractivity (Wildman–Crippen MR) is 81.5 cm³/mol. The fraction of sp³-hybridized carbons (Fsp3) is 0.214. The lowest BCUT2D eigenvalue weighted by molar-refractivity contribution is 0.332. The fourth-order valence-electron chi connectivity index (χ4n) is 1.65. The lowest BCUT2D eigenvalue weighted by atomic mass is 10.2. The van der Waals surface area contributed by atoms with Crippen molar-refractivity contribution < 1.29 is 4.74 Å². The highest BCUT2D eigenvalue weighted by Crippen LogP contribution is 2.19. The molecule has 1 heterocycles. The second-order valence-electron chi connectivity index (χ2n) is 4.18. The van der Waals surface area contributed by atoms with Gasteiger partial charge in [0.15, 0.2) is 0 Å². The summed E-state index contributed by atoms with van der Waals surface area (Å²) < 4.78 is 6.50. The molecular formula is C14H16BrN3O. The minimum absolute atomic E-state index is 0.556. The van der Waals surface area contributed by atoms with Crippen LogP contribution in [0.1, 0.15) is 5.56 Å². The average molecular weight is 322 g/mol. The van der Waals surface area contributed by atoms with E-state index in [-0.39, 0.29) is 0 Å². The highest BCUT2D eigenvalue weighted by Gasteiger charge is 2.00. The fourth-order valence-corrected chi connectivity index (χ4v) is 2.00. The lowest BCUT2D eigenvalue weighted by Gasteiger charge is -2.10. The van der Waals surface area contributed by atoms with Crippen LogP contribution in [0.5, 0.6) is 5.75 Å². The summed E-state index contributed by atoms with van der Waals surface area (Å²) in [4.78, 5) is 4.20. The number of ether oxygens (including phenoxy) is 1. The first kappa shape index (κ1) is 13.7. The molecule has 0 radical (unpaired) electrons. The Hall–Kier alpha value is -1.75. The van der Waals surface area contributed by atoms with Gasteiger partial charge in [-0.2, -0.15) is 0 Å². The van der Waals surface area contributed by atoms with Crippen LogP contribution in [0.25, 0.3) is 0 Å². The number of nitrogens with one attached hydrogen (secondary N) is 1. The van der Waals surface area contributed by atoms with Crippen LogP contribution in [0.4, 0.5) is 11.5 Å². The largest absolute Gasteiger partial charge is 0.492 e. The molecule has 100 valence electrons. The molecule has 0 unspecified atom stereocenters. The maximum Gasteiger partial charge on any atom is 0.149 e. The van der Waals surface area contributed by atoms with Crippen molar-refractivity contribution in [2.24, 2.45) is 0 Å². The molecule has 3 N–H and O–H groups in total. The molecule has 5 heteroatoms. The van der Waals surface area contributed by atoms with Crippen LogP contribution in [0.3, 0.4) is 0 Å². The summed E-state index contributed by atoms with van der Waals surface area (Å²) in [6.45, 7) is 3.24. The van der Waals surface area contributed by atoms with Crippen molar-refractivity contribution >= 4 is 27.4 Å². The molecule has 0 fully saturated rings. The van der Waals surface area contributed by atoms with Gasteiger partial charge in [-0.05, 0) is 46.6 Å². The first-order chi connectivity index (χ1) is 9.15. The van der Waals surface area contributed by atoms with Crippen LogP contribution in [-0.2, 0) is 0 Å². The highest BCUT2D eigenvalue weighted by atomic mass is 79.9. The zero-order valence-electron chi connectivity index (χ0n) is 10.7. The van der Waals surface area contributed by atoms with Crippen molar-refractivity contribution in [3.8, 4) is 5.75 Å². The Morgan fingerprint density at radius 3 is 2.95 bits per heavy atom. The van der Waals surface area contributed by atoms with Crippen molar-refractivity contribution in [2.75, 3.05) is 24.2 Å². The highest BCUT2D eigenvalue weighted by molar-refractivity contribution is 9.10. The van der Waals surface area contributed by atoms with Crippen LogP contribution in [-0.4, -0.2) is 18.1 Å². The summed E-state index contributed by atoms with van der Waals surface area (Å²) in [5.41, 5.74) is 7.64. The lowest BCUT2D eigenvalue weighted by Crippen LogP contribution is -2.13. The van der Waals surface area contributed by atoms with Gasteiger partial charge in [0.05, 0.1) is 12.2 Å². The zero-order valence-corrected chi connectivity index (χ0v) is 12.3. The van der Waals surface area contributed by atoms with Crippen molar-refractivity contribution in [3.05, 3.63) is 46.6 Å². The van der Waals surface area contributed by atoms with E-state index in [2.05, 4.69) is 26.2 Å². The second kappa shape index (κ2) is 6.43. The quantitative estimate of drug-likeness (QED) is 0.830. The number of hydrogen-bond acceptors (Lipinski definition) is 4. The molecular weight excluding hydrogens is 306 g/mol. The number of pyridine rings is 1. The van der Waals surface area contributed by atoms with Crippen LogP contribution in [0.15, 0.2) is 41.0 Å². The van der Waals surface area contributed by atoms with Crippen LogP contribution >= 0.6 is 15.9 Å². The molecule has 0 aliphatic rings. The number of anilines is 2. The van der Waals surface area contributed by atoms with E-state index in [0.717, 1.165) is 10.2 Å². The number of benzene rings is 1. The number of rotatable bonds is 5. The van der Waals surface area contributed by atoms with Gasteiger partial charge in [0.25, 0.3) is 0 Å². The molecule has 4 nitrogen and oxygen atoms in total. The average Bonchev–Trinajstić information content (AvgIpc) is 2.37. The van der Waals surface area contributed by atoms with Crippen molar-refractivity contribution in [1.29, 1.82) is 0 Å². The van der Waals surface area contributed by atoms with Crippen molar-refractivity contribution in [1.82, 2.24) is 4.98 Å². The monoisotopic (exact) mass is 321 g/mol. The number of halogens is 1. The smallest absolute Gasteiger partial charge is 0.149 e. The van der Waals surface area contributed by atoms with E-state index >= 15 is 0 Å². The van der Waals surface area contributed by atoms with Crippen LogP contribution in [0, 0.1) is 6.92 Å². The topological polar surface area (TPSA) is 60.2 Å².